The lowest BCUT2D eigenvalue weighted by molar-refractivity contribution is -0.137. The van der Waals surface area contributed by atoms with Crippen molar-refractivity contribution in [1.29, 1.82) is 0 Å². The average Bonchev–Trinajstić information content (AvgIpc) is 3.56. The van der Waals surface area contributed by atoms with E-state index in [9.17, 15) is 26.4 Å². The highest BCUT2D eigenvalue weighted by atomic mass is 32.2. The summed E-state index contributed by atoms with van der Waals surface area (Å²) in [7, 11) is -2.24. The minimum Gasteiger partial charge on any atom is -0.343 e. The van der Waals surface area contributed by atoms with Gasteiger partial charge >= 0.3 is 6.18 Å². The molecular formula is C22H32F3N3O3S. The van der Waals surface area contributed by atoms with Gasteiger partial charge in [-0.2, -0.15) is 17.5 Å². The van der Waals surface area contributed by atoms with Crippen LogP contribution in [-0.4, -0.2) is 61.8 Å². The van der Waals surface area contributed by atoms with Gasteiger partial charge in [0, 0.05) is 37.6 Å². The number of piperidine rings is 1. The number of likely N-dealkylation sites (tertiary alicyclic amines) is 1. The number of hydrogen-bond acceptors (Lipinski definition) is 4. The second-order valence-corrected chi connectivity index (χ2v) is 10.9. The van der Waals surface area contributed by atoms with Crippen LogP contribution in [0.15, 0.2) is 29.2 Å². The topological polar surface area (TPSA) is 69.7 Å². The third kappa shape index (κ3) is 5.63. The Labute approximate surface area is 188 Å². The van der Waals surface area contributed by atoms with Crippen molar-refractivity contribution < 1.29 is 26.4 Å². The first-order valence-corrected chi connectivity index (χ1v) is 12.5. The van der Waals surface area contributed by atoms with Crippen molar-refractivity contribution in [2.24, 2.45) is 5.92 Å². The molecule has 1 saturated carbocycles. The molecule has 1 amide bonds. The Balaban J connectivity index is 1.72. The normalized spacial score (nSPS) is 19.6. The molecule has 1 atom stereocenters. The van der Waals surface area contributed by atoms with Crippen molar-refractivity contribution in [2.45, 2.75) is 75.1 Å². The number of benzene rings is 1. The molecule has 1 aromatic rings. The van der Waals surface area contributed by atoms with E-state index in [2.05, 4.69) is 5.32 Å². The predicted octanol–water partition coefficient (Wildman–Crippen LogP) is 3.48. The van der Waals surface area contributed by atoms with E-state index in [1.54, 1.807) is 4.90 Å². The summed E-state index contributed by atoms with van der Waals surface area (Å²) in [6.45, 7) is 4.98. The molecule has 180 valence electrons. The number of carbonyl (C=O) groups excluding carboxylic acids is 1. The number of rotatable bonds is 8. The third-order valence-corrected chi connectivity index (χ3v) is 8.39. The highest BCUT2D eigenvalue weighted by molar-refractivity contribution is 7.89. The molecule has 0 radical (unpaired) electrons. The Bertz CT molecular complexity index is 908. The summed E-state index contributed by atoms with van der Waals surface area (Å²) in [5, 5.41) is 3.16. The van der Waals surface area contributed by atoms with Crippen LogP contribution in [0.4, 0.5) is 13.2 Å². The summed E-state index contributed by atoms with van der Waals surface area (Å²) >= 11 is 0. The van der Waals surface area contributed by atoms with Gasteiger partial charge in [-0.1, -0.05) is 19.9 Å². The summed E-state index contributed by atoms with van der Waals surface area (Å²) in [4.78, 5) is 14.1. The minimum absolute atomic E-state index is 0.0372. The lowest BCUT2D eigenvalue weighted by atomic mass is 9.99. The Morgan fingerprint density at radius 3 is 2.25 bits per heavy atom. The van der Waals surface area contributed by atoms with Crippen LogP contribution in [0, 0.1) is 5.92 Å². The molecule has 1 N–H and O–H groups in total. The Hall–Kier alpha value is -1.65. The van der Waals surface area contributed by atoms with E-state index in [4.69, 9.17) is 0 Å². The summed E-state index contributed by atoms with van der Waals surface area (Å²) < 4.78 is 67.4. The first kappa shape index (κ1) is 25.0. The summed E-state index contributed by atoms with van der Waals surface area (Å²) in [5.74, 6) is 0.347. The standard InChI is InChI=1S/C22H32F3N3O3S/c1-15(2)20(26-3)14-21(29)27-11-9-18(10-12-27)28(17-7-8-17)32(30,31)19-6-4-5-16(13-19)22(23,24)25/h4-6,13,15,17-18,20,26H,7-12,14H2,1-3H3/t20-/m0/s1. The SMILES string of the molecule is CN[C@@H](CC(=O)N1CCC(N(C2CC2)S(=O)(=O)c2cccc(C(F)(F)F)c2)CC1)C(C)C. The van der Waals surface area contributed by atoms with E-state index in [1.807, 2.05) is 20.9 Å². The molecule has 2 aliphatic rings. The number of halogens is 3. The van der Waals surface area contributed by atoms with Crippen LogP contribution < -0.4 is 5.32 Å². The van der Waals surface area contributed by atoms with Gasteiger partial charge in [0.1, 0.15) is 0 Å². The Morgan fingerprint density at radius 2 is 1.75 bits per heavy atom. The van der Waals surface area contributed by atoms with Crippen molar-refractivity contribution in [2.75, 3.05) is 20.1 Å². The molecule has 32 heavy (non-hydrogen) atoms. The highest BCUT2D eigenvalue weighted by Gasteiger charge is 2.44. The fraction of sp³-hybridized carbons (Fsp3) is 0.682. The number of hydrogen-bond donors (Lipinski definition) is 1. The molecule has 6 nitrogen and oxygen atoms in total. The molecule has 2 fully saturated rings. The van der Waals surface area contributed by atoms with Crippen LogP contribution in [0.5, 0.6) is 0 Å². The first-order chi connectivity index (χ1) is 14.9. The van der Waals surface area contributed by atoms with E-state index in [0.29, 0.717) is 57.2 Å². The predicted molar refractivity (Wildman–Crippen MR) is 115 cm³/mol. The number of amides is 1. The fourth-order valence-electron chi connectivity index (χ4n) is 4.33. The van der Waals surface area contributed by atoms with Crippen molar-refractivity contribution in [3.63, 3.8) is 0 Å². The zero-order valence-corrected chi connectivity index (χ0v) is 19.5. The second-order valence-electron chi connectivity index (χ2n) is 9.05. The van der Waals surface area contributed by atoms with E-state index in [1.165, 1.54) is 10.4 Å². The maximum atomic E-state index is 13.3. The number of sulfonamides is 1. The summed E-state index contributed by atoms with van der Waals surface area (Å²) in [6, 6.07) is 3.52. The van der Waals surface area contributed by atoms with Crippen LogP contribution in [0.1, 0.15) is 51.5 Å². The Morgan fingerprint density at radius 1 is 1.16 bits per heavy atom. The monoisotopic (exact) mass is 475 g/mol. The summed E-state index contributed by atoms with van der Waals surface area (Å²) in [5.41, 5.74) is -0.973. The van der Waals surface area contributed by atoms with E-state index in [0.717, 1.165) is 12.1 Å². The molecule has 0 aromatic heterocycles. The molecule has 0 unspecified atom stereocenters. The highest BCUT2D eigenvalue weighted by Crippen LogP contribution is 2.38. The molecule has 0 bridgehead atoms. The van der Waals surface area contributed by atoms with Crippen LogP contribution >= 0.6 is 0 Å². The molecule has 1 saturated heterocycles. The minimum atomic E-state index is -4.61. The number of nitrogens with one attached hydrogen (secondary N) is 1. The third-order valence-electron chi connectivity index (χ3n) is 6.39. The number of alkyl halides is 3. The van der Waals surface area contributed by atoms with Gasteiger partial charge in [0.05, 0.1) is 10.5 Å². The van der Waals surface area contributed by atoms with Crippen LogP contribution in [0.25, 0.3) is 0 Å². The van der Waals surface area contributed by atoms with E-state index < -0.39 is 21.8 Å². The maximum absolute atomic E-state index is 13.3. The fourth-order valence-corrected chi connectivity index (χ4v) is 6.31. The van der Waals surface area contributed by atoms with Gasteiger partial charge < -0.3 is 10.2 Å². The van der Waals surface area contributed by atoms with Crippen LogP contribution in [-0.2, 0) is 21.0 Å². The van der Waals surface area contributed by atoms with Crippen LogP contribution in [0.3, 0.4) is 0 Å². The molecule has 0 spiro atoms. The molecule has 3 rings (SSSR count). The molecule has 10 heteroatoms. The molecule has 1 aromatic carbocycles. The van der Waals surface area contributed by atoms with Crippen molar-refractivity contribution in [3.8, 4) is 0 Å². The molecule has 1 heterocycles. The second kappa shape index (κ2) is 9.69. The average molecular weight is 476 g/mol. The van der Waals surface area contributed by atoms with Crippen LogP contribution in [0.2, 0.25) is 0 Å². The lowest BCUT2D eigenvalue weighted by Gasteiger charge is -2.38. The maximum Gasteiger partial charge on any atom is 0.416 e. The van der Waals surface area contributed by atoms with Gasteiger partial charge in [-0.25, -0.2) is 8.42 Å². The zero-order valence-electron chi connectivity index (χ0n) is 18.7. The molecule has 1 aliphatic heterocycles. The van der Waals surface area contributed by atoms with Gasteiger partial charge in [0.2, 0.25) is 15.9 Å². The van der Waals surface area contributed by atoms with Crippen molar-refractivity contribution in [1.82, 2.24) is 14.5 Å². The van der Waals surface area contributed by atoms with E-state index in [-0.39, 0.29) is 28.9 Å². The van der Waals surface area contributed by atoms with Gasteiger partial charge in [-0.3, -0.25) is 4.79 Å². The molecule has 1 aliphatic carbocycles. The van der Waals surface area contributed by atoms with E-state index >= 15 is 0 Å². The molecular weight excluding hydrogens is 443 g/mol. The van der Waals surface area contributed by atoms with Crippen molar-refractivity contribution in [3.05, 3.63) is 29.8 Å². The quantitative estimate of drug-likeness (QED) is 0.625. The van der Waals surface area contributed by atoms with Gasteiger partial charge in [-0.15, -0.1) is 0 Å². The summed E-state index contributed by atoms with van der Waals surface area (Å²) in [6.07, 6.45) is -1.86. The van der Waals surface area contributed by atoms with Crippen molar-refractivity contribution >= 4 is 15.9 Å². The smallest absolute Gasteiger partial charge is 0.343 e. The van der Waals surface area contributed by atoms with Gasteiger partial charge in [-0.05, 0) is 56.8 Å². The van der Waals surface area contributed by atoms with Gasteiger partial charge in [0.15, 0.2) is 0 Å². The largest absolute Gasteiger partial charge is 0.416 e. The lowest BCUT2D eigenvalue weighted by Crippen LogP contribution is -2.50. The zero-order chi connectivity index (χ0) is 23.7. The number of carbonyl (C=O) groups is 1. The number of nitrogens with zero attached hydrogens (tertiary/aromatic N) is 2. The first-order valence-electron chi connectivity index (χ1n) is 11.1. The van der Waals surface area contributed by atoms with Gasteiger partial charge in [0.25, 0.3) is 0 Å². The Kier molecular flexibility index (Phi) is 7.56.